The van der Waals surface area contributed by atoms with Gasteiger partial charge < -0.3 is 5.32 Å². The molecular formula is C27H29N3O. The van der Waals surface area contributed by atoms with Gasteiger partial charge in [-0.25, -0.2) is 4.98 Å². The van der Waals surface area contributed by atoms with Crippen LogP contribution in [0.25, 0.3) is 22.3 Å². The summed E-state index contributed by atoms with van der Waals surface area (Å²) in [5.41, 5.74) is 3.54. The number of nitrogens with one attached hydrogen (secondary N) is 1. The van der Waals surface area contributed by atoms with Gasteiger partial charge >= 0.3 is 0 Å². The van der Waals surface area contributed by atoms with Crippen molar-refractivity contribution in [3.8, 4) is 11.4 Å². The van der Waals surface area contributed by atoms with Crippen molar-refractivity contribution in [1.29, 1.82) is 0 Å². The van der Waals surface area contributed by atoms with Crippen LogP contribution in [0.3, 0.4) is 0 Å². The maximum absolute atomic E-state index is 13.3. The molecule has 0 saturated heterocycles. The molecule has 0 aliphatic heterocycles. The van der Waals surface area contributed by atoms with Crippen LogP contribution >= 0.6 is 0 Å². The Morgan fingerprint density at radius 1 is 0.935 bits per heavy atom. The molecule has 2 aromatic heterocycles. The van der Waals surface area contributed by atoms with Crippen molar-refractivity contribution in [2.24, 2.45) is 23.2 Å². The third-order valence-corrected chi connectivity index (χ3v) is 7.99. The predicted molar refractivity (Wildman–Crippen MR) is 123 cm³/mol. The fourth-order valence-corrected chi connectivity index (χ4v) is 7.14. The molecule has 0 atom stereocenters. The van der Waals surface area contributed by atoms with E-state index < -0.39 is 0 Å². The summed E-state index contributed by atoms with van der Waals surface area (Å²) >= 11 is 0. The molecule has 4 saturated carbocycles. The predicted octanol–water partition coefficient (Wildman–Crippen LogP) is 5.63. The van der Waals surface area contributed by atoms with Gasteiger partial charge in [0.05, 0.1) is 22.5 Å². The number of rotatable bonds is 5. The summed E-state index contributed by atoms with van der Waals surface area (Å²) in [7, 11) is 0. The number of carbonyl (C=O) groups is 1. The highest BCUT2D eigenvalue weighted by Gasteiger charge is 2.50. The van der Waals surface area contributed by atoms with Crippen LogP contribution in [0.1, 0.15) is 55.3 Å². The first-order valence-corrected chi connectivity index (χ1v) is 11.8. The standard InChI is InChI=1S/C27H29N3O/c31-26(29-10-8-27-15-18-11-19(16-27)13-20(12-18)17-27)22-14-25(24-7-3-4-9-28-24)30-23-6-2-1-5-21(22)23/h1-7,9,14,18-20H,8,10-13,15-17H2,(H,29,31). The molecule has 0 spiro atoms. The lowest BCUT2D eigenvalue weighted by Gasteiger charge is -2.57. The van der Waals surface area contributed by atoms with Crippen molar-refractivity contribution >= 4 is 16.8 Å². The summed E-state index contributed by atoms with van der Waals surface area (Å²) in [6.07, 6.45) is 11.4. The van der Waals surface area contributed by atoms with E-state index in [1.807, 2.05) is 48.5 Å². The number of hydrogen-bond donors (Lipinski definition) is 1. The van der Waals surface area contributed by atoms with Gasteiger partial charge in [0, 0.05) is 18.1 Å². The fraction of sp³-hybridized carbons (Fsp3) is 0.444. The minimum Gasteiger partial charge on any atom is -0.352 e. The first-order chi connectivity index (χ1) is 15.2. The van der Waals surface area contributed by atoms with Crippen LogP contribution in [0.4, 0.5) is 0 Å². The van der Waals surface area contributed by atoms with Crippen LogP contribution in [0.2, 0.25) is 0 Å². The largest absolute Gasteiger partial charge is 0.352 e. The van der Waals surface area contributed by atoms with Crippen molar-refractivity contribution in [1.82, 2.24) is 15.3 Å². The number of aromatic nitrogens is 2. The summed E-state index contributed by atoms with van der Waals surface area (Å²) < 4.78 is 0. The zero-order valence-electron chi connectivity index (χ0n) is 17.9. The smallest absolute Gasteiger partial charge is 0.252 e. The monoisotopic (exact) mass is 411 g/mol. The average molecular weight is 412 g/mol. The van der Waals surface area contributed by atoms with E-state index in [2.05, 4.69) is 10.3 Å². The minimum absolute atomic E-state index is 0.000472. The second-order valence-electron chi connectivity index (χ2n) is 10.2. The van der Waals surface area contributed by atoms with Crippen molar-refractivity contribution in [3.05, 3.63) is 60.3 Å². The molecule has 1 aromatic carbocycles. The first-order valence-electron chi connectivity index (χ1n) is 11.8. The summed E-state index contributed by atoms with van der Waals surface area (Å²) in [4.78, 5) is 22.5. The van der Waals surface area contributed by atoms with Gasteiger partial charge in [-0.05, 0) is 92.4 Å². The van der Waals surface area contributed by atoms with Crippen LogP contribution in [0.15, 0.2) is 54.7 Å². The second kappa shape index (κ2) is 7.44. The fourth-order valence-electron chi connectivity index (χ4n) is 7.14. The molecule has 3 aromatic rings. The molecule has 4 aliphatic rings. The molecule has 31 heavy (non-hydrogen) atoms. The van der Waals surface area contributed by atoms with Gasteiger partial charge in [-0.2, -0.15) is 0 Å². The van der Waals surface area contributed by atoms with Crippen molar-refractivity contribution in [2.45, 2.75) is 44.9 Å². The molecule has 4 nitrogen and oxygen atoms in total. The third kappa shape index (κ3) is 3.52. The Hall–Kier alpha value is -2.75. The lowest BCUT2D eigenvalue weighted by Crippen LogP contribution is -2.47. The summed E-state index contributed by atoms with van der Waals surface area (Å²) in [6, 6.07) is 15.6. The Morgan fingerprint density at radius 2 is 1.65 bits per heavy atom. The highest BCUT2D eigenvalue weighted by atomic mass is 16.1. The van der Waals surface area contributed by atoms with Crippen molar-refractivity contribution in [3.63, 3.8) is 0 Å². The SMILES string of the molecule is O=C(NCCC12CC3CC(CC(C3)C1)C2)c1cc(-c2ccccn2)nc2ccccc12. The number of hydrogen-bond acceptors (Lipinski definition) is 3. The van der Waals surface area contributed by atoms with E-state index in [9.17, 15) is 4.79 Å². The third-order valence-electron chi connectivity index (χ3n) is 7.99. The van der Waals surface area contributed by atoms with Gasteiger partial charge in [0.1, 0.15) is 0 Å². The van der Waals surface area contributed by atoms with E-state index in [4.69, 9.17) is 4.98 Å². The van der Waals surface area contributed by atoms with Gasteiger partial charge in [0.15, 0.2) is 0 Å². The molecule has 4 fully saturated rings. The maximum atomic E-state index is 13.3. The van der Waals surface area contributed by atoms with E-state index in [1.165, 1.54) is 38.5 Å². The Kier molecular flexibility index (Phi) is 4.55. The number of carbonyl (C=O) groups excluding carboxylic acids is 1. The Bertz CT molecular complexity index is 1090. The zero-order chi connectivity index (χ0) is 20.8. The zero-order valence-corrected chi connectivity index (χ0v) is 17.9. The lowest BCUT2D eigenvalue weighted by atomic mass is 9.49. The normalized spacial score (nSPS) is 28.7. The van der Waals surface area contributed by atoms with Gasteiger partial charge in [0.25, 0.3) is 5.91 Å². The molecule has 4 heteroatoms. The van der Waals surface area contributed by atoms with Crippen LogP contribution in [0, 0.1) is 23.2 Å². The number of para-hydroxylation sites is 1. The molecule has 1 N–H and O–H groups in total. The van der Waals surface area contributed by atoms with E-state index >= 15 is 0 Å². The van der Waals surface area contributed by atoms with Gasteiger partial charge in [-0.15, -0.1) is 0 Å². The average Bonchev–Trinajstić information content (AvgIpc) is 2.78. The molecule has 0 unspecified atom stereocenters. The molecule has 158 valence electrons. The van der Waals surface area contributed by atoms with Crippen molar-refractivity contribution in [2.75, 3.05) is 6.54 Å². The molecule has 1 amide bonds. The number of amides is 1. The highest BCUT2D eigenvalue weighted by molar-refractivity contribution is 6.07. The Labute approximate surface area is 183 Å². The summed E-state index contributed by atoms with van der Waals surface area (Å²) in [6.45, 7) is 0.764. The van der Waals surface area contributed by atoms with Gasteiger partial charge in [0.2, 0.25) is 0 Å². The number of fused-ring (bicyclic) bond motifs is 1. The van der Waals surface area contributed by atoms with Gasteiger partial charge in [-0.3, -0.25) is 9.78 Å². The van der Waals surface area contributed by atoms with Crippen LogP contribution < -0.4 is 5.32 Å². The van der Waals surface area contributed by atoms with E-state index in [0.29, 0.717) is 11.0 Å². The summed E-state index contributed by atoms with van der Waals surface area (Å²) in [5, 5.41) is 4.16. The van der Waals surface area contributed by atoms with Crippen LogP contribution in [0.5, 0.6) is 0 Å². The number of benzene rings is 1. The maximum Gasteiger partial charge on any atom is 0.252 e. The quantitative estimate of drug-likeness (QED) is 0.592. The molecule has 7 rings (SSSR count). The molecule has 2 heterocycles. The van der Waals surface area contributed by atoms with Gasteiger partial charge in [-0.1, -0.05) is 24.3 Å². The Morgan fingerprint density at radius 3 is 2.35 bits per heavy atom. The van der Waals surface area contributed by atoms with Crippen molar-refractivity contribution < 1.29 is 4.79 Å². The molecule has 4 aliphatic carbocycles. The Balaban J connectivity index is 1.23. The van der Waals surface area contributed by atoms with Crippen LogP contribution in [-0.2, 0) is 0 Å². The minimum atomic E-state index is 0.000472. The highest BCUT2D eigenvalue weighted by Crippen LogP contribution is 2.61. The molecule has 4 bridgehead atoms. The van der Waals surface area contributed by atoms with E-state index in [1.54, 1.807) is 6.20 Å². The molecular weight excluding hydrogens is 382 g/mol. The second-order valence-corrected chi connectivity index (χ2v) is 10.2. The first kappa shape index (κ1) is 19.0. The van der Waals surface area contributed by atoms with E-state index in [-0.39, 0.29) is 5.91 Å². The number of pyridine rings is 2. The molecule has 0 radical (unpaired) electrons. The lowest BCUT2D eigenvalue weighted by molar-refractivity contribution is -0.0564. The topological polar surface area (TPSA) is 54.9 Å². The van der Waals surface area contributed by atoms with E-state index in [0.717, 1.165) is 53.0 Å². The van der Waals surface area contributed by atoms with Crippen LogP contribution in [-0.4, -0.2) is 22.4 Å². The number of nitrogens with zero attached hydrogens (tertiary/aromatic N) is 2. The summed E-state index contributed by atoms with van der Waals surface area (Å²) in [5.74, 6) is 2.85.